The molecule has 1 aromatic rings. The minimum Gasteiger partial charge on any atom is -0.314 e. The van der Waals surface area contributed by atoms with Gasteiger partial charge in [0.05, 0.1) is 4.90 Å². The summed E-state index contributed by atoms with van der Waals surface area (Å²) >= 11 is 0. The molecule has 0 amide bonds. The molecule has 3 N–H and O–H groups in total. The summed E-state index contributed by atoms with van der Waals surface area (Å²) in [4.78, 5) is 0.230. The van der Waals surface area contributed by atoms with E-state index < -0.39 is 10.0 Å². The van der Waals surface area contributed by atoms with Gasteiger partial charge < -0.3 is 5.32 Å². The summed E-state index contributed by atoms with van der Waals surface area (Å²) in [5.41, 5.74) is 0.785. The van der Waals surface area contributed by atoms with Crippen LogP contribution in [0.1, 0.15) is 38.7 Å². The molecule has 0 saturated carbocycles. The normalized spacial score (nSPS) is 15.3. The van der Waals surface area contributed by atoms with E-state index in [2.05, 4.69) is 12.2 Å². The Labute approximate surface area is 110 Å². The predicted molar refractivity (Wildman–Crippen MR) is 74.0 cm³/mol. The van der Waals surface area contributed by atoms with Crippen LogP contribution >= 0.6 is 0 Å². The van der Waals surface area contributed by atoms with Crippen LogP contribution in [0.4, 0.5) is 0 Å². The van der Waals surface area contributed by atoms with Gasteiger partial charge in [0.1, 0.15) is 0 Å². The molecule has 4 nitrogen and oxygen atoms in total. The molecule has 0 bridgehead atoms. The molecule has 0 aliphatic rings. The zero-order chi connectivity index (χ0) is 13.8. The molecule has 0 aliphatic carbocycles. The van der Waals surface area contributed by atoms with Crippen molar-refractivity contribution in [1.82, 2.24) is 5.32 Å². The Hall–Kier alpha value is -0.910. The molecule has 102 valence electrons. The van der Waals surface area contributed by atoms with Gasteiger partial charge in [0.15, 0.2) is 0 Å². The van der Waals surface area contributed by atoms with Crippen molar-refractivity contribution in [1.29, 1.82) is 0 Å². The molecular weight excluding hydrogens is 248 g/mol. The van der Waals surface area contributed by atoms with E-state index in [0.717, 1.165) is 18.5 Å². The van der Waals surface area contributed by atoms with E-state index in [4.69, 9.17) is 5.14 Å². The molecule has 1 rings (SSSR count). The lowest BCUT2D eigenvalue weighted by Crippen LogP contribution is -2.33. The summed E-state index contributed by atoms with van der Waals surface area (Å²) < 4.78 is 23.2. The lowest BCUT2D eigenvalue weighted by atomic mass is 9.91. The summed E-state index contributed by atoms with van der Waals surface area (Å²) in [6.07, 6.45) is 0.938. The van der Waals surface area contributed by atoms with Crippen LogP contribution in [0.25, 0.3) is 0 Å². The lowest BCUT2D eigenvalue weighted by molar-refractivity contribution is 0.444. The van der Waals surface area contributed by atoms with Crippen LogP contribution in [-0.2, 0) is 10.0 Å². The Morgan fingerprint density at radius 1 is 1.28 bits per heavy atom. The van der Waals surface area contributed by atoms with Crippen LogP contribution < -0.4 is 10.5 Å². The maximum absolute atomic E-state index is 11.6. The van der Waals surface area contributed by atoms with Crippen molar-refractivity contribution in [2.75, 3.05) is 6.54 Å². The third-order valence-electron chi connectivity index (χ3n) is 3.23. The van der Waals surface area contributed by atoms with Gasteiger partial charge in [0, 0.05) is 6.04 Å². The fourth-order valence-corrected chi connectivity index (χ4v) is 3.12. The minimum atomic E-state index is -3.66. The second kappa shape index (κ2) is 6.31. The van der Waals surface area contributed by atoms with Crippen LogP contribution in [-0.4, -0.2) is 21.0 Å². The Bertz CT molecular complexity index is 486. The lowest BCUT2D eigenvalue weighted by Gasteiger charge is -2.25. The molecule has 2 atom stereocenters. The van der Waals surface area contributed by atoms with Gasteiger partial charge in [-0.1, -0.05) is 39.0 Å². The van der Waals surface area contributed by atoms with Gasteiger partial charge in [-0.15, -0.1) is 0 Å². The van der Waals surface area contributed by atoms with Gasteiger partial charge >= 0.3 is 0 Å². The van der Waals surface area contributed by atoms with Crippen LogP contribution in [0.15, 0.2) is 29.2 Å². The van der Waals surface area contributed by atoms with E-state index in [1.54, 1.807) is 12.1 Å². The maximum Gasteiger partial charge on any atom is 0.238 e. The summed E-state index contributed by atoms with van der Waals surface area (Å²) in [6.45, 7) is 7.02. The number of hydrogen-bond donors (Lipinski definition) is 2. The first-order valence-corrected chi connectivity index (χ1v) is 7.81. The second-order valence-electron chi connectivity index (χ2n) is 4.44. The highest BCUT2D eigenvalue weighted by Crippen LogP contribution is 2.26. The second-order valence-corrected chi connectivity index (χ2v) is 5.97. The van der Waals surface area contributed by atoms with E-state index in [1.807, 2.05) is 26.0 Å². The van der Waals surface area contributed by atoms with Crippen molar-refractivity contribution >= 4 is 10.0 Å². The highest BCUT2D eigenvalue weighted by atomic mass is 32.2. The third-order valence-corrected chi connectivity index (χ3v) is 4.21. The first-order chi connectivity index (χ1) is 8.41. The molecule has 5 heteroatoms. The van der Waals surface area contributed by atoms with Crippen molar-refractivity contribution in [2.45, 2.75) is 44.0 Å². The van der Waals surface area contributed by atoms with Crippen LogP contribution in [0.2, 0.25) is 0 Å². The molecule has 0 fully saturated rings. The van der Waals surface area contributed by atoms with Crippen LogP contribution in [0.3, 0.4) is 0 Å². The highest BCUT2D eigenvalue weighted by Gasteiger charge is 2.22. The average molecular weight is 270 g/mol. The van der Waals surface area contributed by atoms with Gasteiger partial charge in [-0.3, -0.25) is 0 Å². The standard InChI is InChI=1S/C13H22N2O2S/c1-4-12(15-5-2)10(3)11-8-6-7-9-13(11)18(14,16)17/h6-10,12,15H,4-5H2,1-3H3,(H2,14,16,17). The zero-order valence-electron chi connectivity index (χ0n) is 11.2. The first-order valence-electron chi connectivity index (χ1n) is 6.26. The van der Waals surface area contributed by atoms with E-state index in [9.17, 15) is 8.42 Å². The SMILES string of the molecule is CCNC(CC)C(C)c1ccccc1S(N)(=O)=O. The molecule has 18 heavy (non-hydrogen) atoms. The topological polar surface area (TPSA) is 72.2 Å². The molecule has 0 saturated heterocycles. The fraction of sp³-hybridized carbons (Fsp3) is 0.538. The van der Waals surface area contributed by atoms with Crippen molar-refractivity contribution in [3.05, 3.63) is 29.8 Å². The maximum atomic E-state index is 11.6. The van der Waals surface area contributed by atoms with E-state index in [0.29, 0.717) is 0 Å². The van der Waals surface area contributed by atoms with Crippen LogP contribution in [0.5, 0.6) is 0 Å². The Morgan fingerprint density at radius 2 is 1.89 bits per heavy atom. The monoisotopic (exact) mass is 270 g/mol. The van der Waals surface area contributed by atoms with Crippen LogP contribution in [0, 0.1) is 0 Å². The summed E-state index contributed by atoms with van der Waals surface area (Å²) in [6, 6.07) is 7.20. The van der Waals surface area contributed by atoms with Gasteiger partial charge in [-0.2, -0.15) is 0 Å². The van der Waals surface area contributed by atoms with Gasteiger partial charge in [0.2, 0.25) is 10.0 Å². The summed E-state index contributed by atoms with van der Waals surface area (Å²) in [5, 5.41) is 8.64. The molecule has 0 aliphatic heterocycles. The van der Waals surface area contributed by atoms with E-state index in [1.165, 1.54) is 0 Å². The molecule has 0 radical (unpaired) electrons. The number of rotatable bonds is 6. The predicted octanol–water partition coefficient (Wildman–Crippen LogP) is 1.83. The van der Waals surface area contributed by atoms with Crippen molar-refractivity contribution in [3.63, 3.8) is 0 Å². The van der Waals surface area contributed by atoms with Crippen molar-refractivity contribution < 1.29 is 8.42 Å². The quantitative estimate of drug-likeness (QED) is 0.828. The molecule has 0 heterocycles. The number of likely N-dealkylation sites (N-methyl/N-ethyl adjacent to an activating group) is 1. The average Bonchev–Trinajstić information content (AvgIpc) is 2.34. The van der Waals surface area contributed by atoms with Gasteiger partial charge in [0.25, 0.3) is 0 Å². The molecule has 2 unspecified atom stereocenters. The van der Waals surface area contributed by atoms with Crippen molar-refractivity contribution in [2.24, 2.45) is 5.14 Å². The van der Waals surface area contributed by atoms with Crippen molar-refractivity contribution in [3.8, 4) is 0 Å². The number of primary sulfonamides is 1. The number of nitrogens with one attached hydrogen (secondary N) is 1. The Morgan fingerprint density at radius 3 is 2.39 bits per heavy atom. The third kappa shape index (κ3) is 3.54. The fourth-order valence-electron chi connectivity index (χ4n) is 2.27. The molecule has 0 aromatic heterocycles. The molecular formula is C13H22N2O2S. The highest BCUT2D eigenvalue weighted by molar-refractivity contribution is 7.89. The Balaban J connectivity index is 3.16. The zero-order valence-corrected chi connectivity index (χ0v) is 12.0. The first kappa shape index (κ1) is 15.1. The number of hydrogen-bond acceptors (Lipinski definition) is 3. The van der Waals surface area contributed by atoms with Gasteiger partial charge in [-0.25, -0.2) is 13.6 Å². The molecule has 0 spiro atoms. The van der Waals surface area contributed by atoms with Gasteiger partial charge in [-0.05, 0) is 30.5 Å². The van der Waals surface area contributed by atoms with E-state index >= 15 is 0 Å². The minimum absolute atomic E-state index is 0.101. The number of benzene rings is 1. The number of sulfonamides is 1. The summed E-state index contributed by atoms with van der Waals surface area (Å²) in [7, 11) is -3.66. The summed E-state index contributed by atoms with van der Waals surface area (Å²) in [5.74, 6) is 0.101. The van der Waals surface area contributed by atoms with E-state index in [-0.39, 0.29) is 16.9 Å². The smallest absolute Gasteiger partial charge is 0.238 e. The Kier molecular flexibility index (Phi) is 5.31. The molecule has 1 aromatic carbocycles. The number of nitrogens with two attached hydrogens (primary N) is 1. The largest absolute Gasteiger partial charge is 0.314 e.